The second kappa shape index (κ2) is 6.68. The molecular weight excluding hydrogens is 348 g/mol. The molecule has 0 N–H and O–H groups in total. The molecule has 7 heteroatoms. The van der Waals surface area contributed by atoms with Crippen LogP contribution in [0.1, 0.15) is 17.6 Å². The van der Waals surface area contributed by atoms with Gasteiger partial charge in [-0.15, -0.1) is 16.4 Å². The number of nitrogens with zero attached hydrogens (tertiary/aromatic N) is 4. The first-order valence-electron chi connectivity index (χ1n) is 8.62. The molecule has 0 aliphatic carbocycles. The average Bonchev–Trinajstić information content (AvgIpc) is 3.43. The molecular formula is C19H18N4O2S. The number of morpholine rings is 1. The maximum absolute atomic E-state index is 6.00. The highest BCUT2D eigenvalue weighted by atomic mass is 32.1. The normalized spacial score (nSPS) is 18.5. The molecule has 4 aromatic rings. The van der Waals surface area contributed by atoms with Crippen molar-refractivity contribution in [3.05, 3.63) is 65.7 Å². The first kappa shape index (κ1) is 15.7. The summed E-state index contributed by atoms with van der Waals surface area (Å²) in [5.41, 5.74) is 3.04. The number of furan rings is 1. The van der Waals surface area contributed by atoms with Crippen LogP contribution in [0.25, 0.3) is 16.0 Å². The molecule has 0 bridgehead atoms. The molecule has 1 saturated heterocycles. The van der Waals surface area contributed by atoms with Gasteiger partial charge in [-0.2, -0.15) is 0 Å². The lowest BCUT2D eigenvalue weighted by atomic mass is 10.1. The molecule has 5 heterocycles. The molecule has 0 saturated carbocycles. The van der Waals surface area contributed by atoms with E-state index in [0.29, 0.717) is 6.61 Å². The first-order chi connectivity index (χ1) is 12.9. The van der Waals surface area contributed by atoms with Gasteiger partial charge in [0, 0.05) is 29.7 Å². The maximum Gasteiger partial charge on any atom is 0.121 e. The third-order valence-corrected chi connectivity index (χ3v) is 5.58. The van der Waals surface area contributed by atoms with Crippen LogP contribution in [-0.4, -0.2) is 39.4 Å². The van der Waals surface area contributed by atoms with Crippen LogP contribution in [0.3, 0.4) is 0 Å². The molecule has 0 unspecified atom stereocenters. The molecule has 0 amide bonds. The number of hydrogen-bond acceptors (Lipinski definition) is 6. The molecule has 26 heavy (non-hydrogen) atoms. The van der Waals surface area contributed by atoms with Gasteiger partial charge in [-0.1, -0.05) is 11.3 Å². The number of rotatable bonds is 4. The molecule has 132 valence electrons. The van der Waals surface area contributed by atoms with Crippen molar-refractivity contribution in [1.82, 2.24) is 19.7 Å². The standard InChI is InChI=1S/C19H18N4O2S/c1-3-15(24-8-1)12-22-7-9-25-17(13-22)19-16-6-5-14(11-23(16)21-20-19)18-4-2-10-26-18/h1-6,8,10-11,17H,7,9,12-13H2/t17-/m0/s1. The van der Waals surface area contributed by atoms with Crippen molar-refractivity contribution in [2.24, 2.45) is 0 Å². The van der Waals surface area contributed by atoms with E-state index in [-0.39, 0.29) is 6.10 Å². The molecule has 1 aliphatic heterocycles. The summed E-state index contributed by atoms with van der Waals surface area (Å²) in [7, 11) is 0. The van der Waals surface area contributed by atoms with Gasteiger partial charge in [0.1, 0.15) is 17.6 Å². The lowest BCUT2D eigenvalue weighted by Crippen LogP contribution is -2.37. The Labute approximate surface area is 154 Å². The van der Waals surface area contributed by atoms with Crippen LogP contribution in [-0.2, 0) is 11.3 Å². The number of hydrogen-bond donors (Lipinski definition) is 0. The van der Waals surface area contributed by atoms with Crippen molar-refractivity contribution >= 4 is 16.9 Å². The number of fused-ring (bicyclic) bond motifs is 1. The monoisotopic (exact) mass is 366 g/mol. The van der Waals surface area contributed by atoms with Gasteiger partial charge < -0.3 is 9.15 Å². The number of aromatic nitrogens is 3. The Balaban J connectivity index is 1.39. The van der Waals surface area contributed by atoms with E-state index in [9.17, 15) is 0 Å². The van der Waals surface area contributed by atoms with Crippen LogP contribution in [0, 0.1) is 0 Å². The zero-order valence-electron chi connectivity index (χ0n) is 14.1. The highest BCUT2D eigenvalue weighted by molar-refractivity contribution is 7.13. The molecule has 1 atom stereocenters. The largest absolute Gasteiger partial charge is 0.468 e. The predicted octanol–water partition coefficient (Wildman–Crippen LogP) is 3.62. The van der Waals surface area contributed by atoms with Gasteiger partial charge in [0.05, 0.1) is 24.9 Å². The Bertz CT molecular complexity index is 994. The van der Waals surface area contributed by atoms with Crippen LogP contribution in [0.15, 0.2) is 58.7 Å². The molecule has 1 fully saturated rings. The smallest absolute Gasteiger partial charge is 0.121 e. The molecule has 4 aromatic heterocycles. The summed E-state index contributed by atoms with van der Waals surface area (Å²) in [4.78, 5) is 3.56. The number of thiophene rings is 1. The van der Waals surface area contributed by atoms with Crippen molar-refractivity contribution in [2.75, 3.05) is 19.7 Å². The van der Waals surface area contributed by atoms with E-state index in [2.05, 4.69) is 44.9 Å². The fraction of sp³-hybridized carbons (Fsp3) is 0.263. The fourth-order valence-corrected chi connectivity index (χ4v) is 4.08. The Morgan fingerprint density at radius 3 is 3.04 bits per heavy atom. The van der Waals surface area contributed by atoms with E-state index in [1.807, 2.05) is 22.8 Å². The van der Waals surface area contributed by atoms with Gasteiger partial charge in [-0.05, 0) is 35.7 Å². The van der Waals surface area contributed by atoms with Gasteiger partial charge in [0.2, 0.25) is 0 Å². The molecule has 1 aliphatic rings. The number of ether oxygens (including phenoxy) is 1. The molecule has 5 rings (SSSR count). The first-order valence-corrected chi connectivity index (χ1v) is 9.50. The van der Waals surface area contributed by atoms with Crippen molar-refractivity contribution in [3.8, 4) is 10.4 Å². The summed E-state index contributed by atoms with van der Waals surface area (Å²) in [6, 6.07) is 12.3. The third-order valence-electron chi connectivity index (χ3n) is 4.66. The summed E-state index contributed by atoms with van der Waals surface area (Å²) in [5.74, 6) is 0.971. The highest BCUT2D eigenvalue weighted by Gasteiger charge is 2.26. The number of pyridine rings is 1. The Kier molecular flexibility index (Phi) is 4.05. The third kappa shape index (κ3) is 2.94. The van der Waals surface area contributed by atoms with Crippen LogP contribution in [0.4, 0.5) is 0 Å². The zero-order chi connectivity index (χ0) is 17.3. The quantitative estimate of drug-likeness (QED) is 0.552. The van der Waals surface area contributed by atoms with E-state index in [4.69, 9.17) is 9.15 Å². The minimum atomic E-state index is -0.0798. The second-order valence-corrected chi connectivity index (χ2v) is 7.32. The summed E-state index contributed by atoms with van der Waals surface area (Å²) < 4.78 is 13.3. The van der Waals surface area contributed by atoms with Crippen molar-refractivity contribution < 1.29 is 9.15 Å². The van der Waals surface area contributed by atoms with Gasteiger partial charge in [-0.3, -0.25) is 4.90 Å². The SMILES string of the molecule is c1coc(CN2CCO[C@H](c3nnn4cc(-c5cccs5)ccc34)C2)c1. The topological polar surface area (TPSA) is 55.8 Å². The Morgan fingerprint density at radius 2 is 2.19 bits per heavy atom. The average molecular weight is 366 g/mol. The Morgan fingerprint density at radius 1 is 1.19 bits per heavy atom. The lowest BCUT2D eigenvalue weighted by Gasteiger charge is -2.31. The molecule has 6 nitrogen and oxygen atoms in total. The van der Waals surface area contributed by atoms with Crippen LogP contribution >= 0.6 is 11.3 Å². The summed E-state index contributed by atoms with van der Waals surface area (Å²) >= 11 is 1.72. The summed E-state index contributed by atoms with van der Waals surface area (Å²) in [6.45, 7) is 3.13. The van der Waals surface area contributed by atoms with Crippen molar-refractivity contribution in [2.45, 2.75) is 12.6 Å². The van der Waals surface area contributed by atoms with E-state index in [1.54, 1.807) is 17.6 Å². The van der Waals surface area contributed by atoms with Crippen LogP contribution < -0.4 is 0 Å². The summed E-state index contributed by atoms with van der Waals surface area (Å²) in [6.07, 6.45) is 3.66. The second-order valence-electron chi connectivity index (χ2n) is 6.37. The van der Waals surface area contributed by atoms with Crippen molar-refractivity contribution in [1.29, 1.82) is 0 Å². The lowest BCUT2D eigenvalue weighted by molar-refractivity contribution is -0.0360. The summed E-state index contributed by atoms with van der Waals surface area (Å²) in [5, 5.41) is 10.8. The van der Waals surface area contributed by atoms with Gasteiger partial charge in [0.25, 0.3) is 0 Å². The van der Waals surface area contributed by atoms with Crippen LogP contribution in [0.2, 0.25) is 0 Å². The van der Waals surface area contributed by atoms with E-state index >= 15 is 0 Å². The maximum atomic E-state index is 6.00. The minimum absolute atomic E-state index is 0.0798. The minimum Gasteiger partial charge on any atom is -0.468 e. The zero-order valence-corrected chi connectivity index (χ0v) is 14.9. The fourth-order valence-electron chi connectivity index (χ4n) is 3.37. The molecule has 0 spiro atoms. The highest BCUT2D eigenvalue weighted by Crippen LogP contribution is 2.28. The Hall–Kier alpha value is -2.48. The van der Waals surface area contributed by atoms with Gasteiger partial charge >= 0.3 is 0 Å². The predicted molar refractivity (Wildman–Crippen MR) is 99.0 cm³/mol. The van der Waals surface area contributed by atoms with Crippen LogP contribution in [0.5, 0.6) is 0 Å². The van der Waals surface area contributed by atoms with E-state index in [1.165, 1.54) is 4.88 Å². The van der Waals surface area contributed by atoms with Gasteiger partial charge in [0.15, 0.2) is 0 Å². The molecule has 0 aromatic carbocycles. The van der Waals surface area contributed by atoms with Crippen molar-refractivity contribution in [3.63, 3.8) is 0 Å². The van der Waals surface area contributed by atoms with E-state index < -0.39 is 0 Å². The van der Waals surface area contributed by atoms with Gasteiger partial charge in [-0.25, -0.2) is 4.52 Å². The van der Waals surface area contributed by atoms with E-state index in [0.717, 1.165) is 42.2 Å². The molecule has 0 radical (unpaired) electrons.